The van der Waals surface area contributed by atoms with E-state index in [1.807, 2.05) is 13.8 Å². The van der Waals surface area contributed by atoms with Crippen LogP contribution in [0, 0.1) is 11.8 Å². The summed E-state index contributed by atoms with van der Waals surface area (Å²) in [7, 11) is 1.62. The first-order valence-electron chi connectivity index (χ1n) is 7.20. The zero-order valence-electron chi connectivity index (χ0n) is 12.6. The number of piperidine rings is 1. The van der Waals surface area contributed by atoms with Crippen molar-refractivity contribution in [3.05, 3.63) is 0 Å². The summed E-state index contributed by atoms with van der Waals surface area (Å²) < 4.78 is 5.12. The molecule has 116 valence electrons. The number of ether oxygens (including phenoxy) is 1. The quantitative estimate of drug-likeness (QED) is 0.776. The molecule has 6 nitrogen and oxygen atoms in total. The summed E-state index contributed by atoms with van der Waals surface area (Å²) >= 11 is 0. The average molecular weight is 286 g/mol. The molecule has 2 N–H and O–H groups in total. The Labute approximate surface area is 120 Å². The van der Waals surface area contributed by atoms with E-state index in [-0.39, 0.29) is 24.4 Å². The van der Waals surface area contributed by atoms with Crippen LogP contribution in [0.25, 0.3) is 0 Å². The van der Waals surface area contributed by atoms with E-state index < -0.39 is 5.97 Å². The van der Waals surface area contributed by atoms with E-state index >= 15 is 0 Å². The van der Waals surface area contributed by atoms with Crippen LogP contribution in [0.4, 0.5) is 4.79 Å². The van der Waals surface area contributed by atoms with Crippen molar-refractivity contribution in [1.29, 1.82) is 0 Å². The lowest BCUT2D eigenvalue weighted by atomic mass is 9.94. The maximum Gasteiger partial charge on any atom is 0.317 e. The average Bonchev–Trinajstić information content (AvgIpc) is 2.38. The molecule has 6 heteroatoms. The Morgan fingerprint density at radius 2 is 1.95 bits per heavy atom. The fourth-order valence-corrected chi connectivity index (χ4v) is 2.42. The van der Waals surface area contributed by atoms with Crippen LogP contribution >= 0.6 is 0 Å². The molecule has 20 heavy (non-hydrogen) atoms. The number of carboxylic acids is 1. The second kappa shape index (κ2) is 8.09. The van der Waals surface area contributed by atoms with Gasteiger partial charge in [0.25, 0.3) is 0 Å². The van der Waals surface area contributed by atoms with Crippen LogP contribution in [0.3, 0.4) is 0 Å². The first-order chi connectivity index (χ1) is 9.43. The minimum Gasteiger partial charge on any atom is -0.481 e. The number of carbonyl (C=O) groups is 2. The topological polar surface area (TPSA) is 78.9 Å². The van der Waals surface area contributed by atoms with Gasteiger partial charge in [-0.2, -0.15) is 0 Å². The molecule has 1 aliphatic heterocycles. The van der Waals surface area contributed by atoms with Gasteiger partial charge in [-0.05, 0) is 24.7 Å². The molecule has 2 amide bonds. The van der Waals surface area contributed by atoms with Crippen molar-refractivity contribution in [2.24, 2.45) is 11.8 Å². The second-order valence-electron chi connectivity index (χ2n) is 5.78. The molecule has 0 saturated carbocycles. The third-order valence-corrected chi connectivity index (χ3v) is 3.82. The molecule has 1 aliphatic rings. The third kappa shape index (κ3) is 5.36. The van der Waals surface area contributed by atoms with Gasteiger partial charge in [0.05, 0.1) is 12.6 Å². The SMILES string of the molecule is COCC(NC(=O)N1CCC(CC(=O)O)CC1)C(C)C. The molecule has 0 aromatic heterocycles. The van der Waals surface area contributed by atoms with Crippen molar-refractivity contribution in [1.82, 2.24) is 10.2 Å². The molecule has 1 unspecified atom stereocenters. The molecule has 1 heterocycles. The van der Waals surface area contributed by atoms with Gasteiger partial charge in [0.2, 0.25) is 0 Å². The lowest BCUT2D eigenvalue weighted by Gasteiger charge is -2.33. The number of carboxylic acid groups (broad SMARTS) is 1. The van der Waals surface area contributed by atoms with Gasteiger partial charge in [-0.3, -0.25) is 4.79 Å². The Balaban J connectivity index is 2.40. The number of hydrogen-bond donors (Lipinski definition) is 2. The number of hydrogen-bond acceptors (Lipinski definition) is 3. The predicted molar refractivity (Wildman–Crippen MR) is 75.6 cm³/mol. The first kappa shape index (κ1) is 16.8. The van der Waals surface area contributed by atoms with E-state index in [4.69, 9.17) is 9.84 Å². The van der Waals surface area contributed by atoms with Crippen LogP contribution in [-0.4, -0.2) is 54.9 Å². The maximum atomic E-state index is 12.2. The molecule has 0 aromatic carbocycles. The summed E-state index contributed by atoms with van der Waals surface area (Å²) in [5, 5.41) is 11.8. The van der Waals surface area contributed by atoms with E-state index in [0.717, 1.165) is 12.8 Å². The zero-order valence-corrected chi connectivity index (χ0v) is 12.6. The number of nitrogens with one attached hydrogen (secondary N) is 1. The number of rotatable bonds is 6. The van der Waals surface area contributed by atoms with Crippen LogP contribution in [0.1, 0.15) is 33.1 Å². The van der Waals surface area contributed by atoms with E-state index in [2.05, 4.69) is 5.32 Å². The molecule has 0 aromatic rings. The van der Waals surface area contributed by atoms with Gasteiger partial charge in [0, 0.05) is 26.6 Å². The fraction of sp³-hybridized carbons (Fsp3) is 0.857. The minimum absolute atomic E-state index is 0.00393. The molecular weight excluding hydrogens is 260 g/mol. The summed E-state index contributed by atoms with van der Waals surface area (Å²) in [6, 6.07) is -0.0706. The van der Waals surface area contributed by atoms with Gasteiger partial charge in [0.1, 0.15) is 0 Å². The highest BCUT2D eigenvalue weighted by Crippen LogP contribution is 2.20. The number of nitrogens with zero attached hydrogens (tertiary/aromatic N) is 1. The lowest BCUT2D eigenvalue weighted by Crippen LogP contribution is -2.50. The van der Waals surface area contributed by atoms with Gasteiger partial charge in [-0.1, -0.05) is 13.8 Å². The minimum atomic E-state index is -0.757. The van der Waals surface area contributed by atoms with E-state index in [1.165, 1.54) is 0 Å². The van der Waals surface area contributed by atoms with Crippen molar-refractivity contribution in [2.75, 3.05) is 26.8 Å². The molecule has 0 bridgehead atoms. The Bertz CT molecular complexity index is 325. The Hall–Kier alpha value is -1.30. The molecule has 1 atom stereocenters. The van der Waals surface area contributed by atoms with E-state index in [0.29, 0.717) is 25.6 Å². The van der Waals surface area contributed by atoms with Gasteiger partial charge in [0.15, 0.2) is 0 Å². The summed E-state index contributed by atoms with van der Waals surface area (Å²) in [5.41, 5.74) is 0. The lowest BCUT2D eigenvalue weighted by molar-refractivity contribution is -0.138. The Kier molecular flexibility index (Phi) is 6.78. The van der Waals surface area contributed by atoms with Gasteiger partial charge >= 0.3 is 12.0 Å². The van der Waals surface area contributed by atoms with Crippen molar-refractivity contribution in [3.63, 3.8) is 0 Å². The Morgan fingerprint density at radius 3 is 2.40 bits per heavy atom. The molecule has 0 radical (unpaired) electrons. The summed E-state index contributed by atoms with van der Waals surface area (Å²) in [6.45, 7) is 5.84. The maximum absolute atomic E-state index is 12.2. The molecule has 1 saturated heterocycles. The van der Waals surface area contributed by atoms with Crippen molar-refractivity contribution < 1.29 is 19.4 Å². The molecular formula is C14H26N2O4. The van der Waals surface area contributed by atoms with Gasteiger partial charge in [-0.15, -0.1) is 0 Å². The largest absolute Gasteiger partial charge is 0.481 e. The molecule has 0 aliphatic carbocycles. The molecule has 0 spiro atoms. The third-order valence-electron chi connectivity index (χ3n) is 3.82. The highest BCUT2D eigenvalue weighted by atomic mass is 16.5. The van der Waals surface area contributed by atoms with Crippen LogP contribution in [0.2, 0.25) is 0 Å². The number of urea groups is 1. The van der Waals surface area contributed by atoms with Crippen LogP contribution in [0.15, 0.2) is 0 Å². The van der Waals surface area contributed by atoms with E-state index in [1.54, 1.807) is 12.0 Å². The number of aliphatic carboxylic acids is 1. The molecule has 1 fully saturated rings. The van der Waals surface area contributed by atoms with Crippen molar-refractivity contribution >= 4 is 12.0 Å². The number of likely N-dealkylation sites (tertiary alicyclic amines) is 1. The highest BCUT2D eigenvalue weighted by Gasteiger charge is 2.26. The first-order valence-corrected chi connectivity index (χ1v) is 7.20. The monoisotopic (exact) mass is 286 g/mol. The summed E-state index contributed by atoms with van der Waals surface area (Å²) in [6.07, 6.45) is 1.72. The zero-order chi connectivity index (χ0) is 15.1. The normalized spacial score (nSPS) is 18.1. The predicted octanol–water partition coefficient (Wildman–Crippen LogP) is 1.55. The summed E-state index contributed by atoms with van der Waals surface area (Å²) in [5.74, 6) is -0.257. The standard InChI is InChI=1S/C14H26N2O4/c1-10(2)12(9-20-3)15-14(19)16-6-4-11(5-7-16)8-13(17)18/h10-12H,4-9H2,1-3H3,(H,15,19)(H,17,18). The smallest absolute Gasteiger partial charge is 0.317 e. The van der Waals surface area contributed by atoms with Crippen LogP contribution < -0.4 is 5.32 Å². The van der Waals surface area contributed by atoms with Gasteiger partial charge < -0.3 is 20.1 Å². The van der Waals surface area contributed by atoms with E-state index in [9.17, 15) is 9.59 Å². The van der Waals surface area contributed by atoms with Crippen molar-refractivity contribution in [2.45, 2.75) is 39.2 Å². The highest BCUT2D eigenvalue weighted by molar-refractivity contribution is 5.74. The number of carbonyl (C=O) groups excluding carboxylic acids is 1. The summed E-state index contributed by atoms with van der Waals surface area (Å²) in [4.78, 5) is 24.6. The second-order valence-corrected chi connectivity index (χ2v) is 5.78. The Morgan fingerprint density at radius 1 is 1.35 bits per heavy atom. The number of methoxy groups -OCH3 is 1. The fourth-order valence-electron chi connectivity index (χ4n) is 2.42. The number of amides is 2. The molecule has 1 rings (SSSR count). The van der Waals surface area contributed by atoms with Crippen LogP contribution in [0.5, 0.6) is 0 Å². The van der Waals surface area contributed by atoms with Gasteiger partial charge in [-0.25, -0.2) is 4.79 Å². The van der Waals surface area contributed by atoms with Crippen molar-refractivity contribution in [3.8, 4) is 0 Å². The van der Waals surface area contributed by atoms with Crippen LogP contribution in [-0.2, 0) is 9.53 Å².